The summed E-state index contributed by atoms with van der Waals surface area (Å²) in [5, 5.41) is 1.74. The van der Waals surface area contributed by atoms with Gasteiger partial charge in [0, 0.05) is 5.39 Å². The van der Waals surface area contributed by atoms with Crippen LogP contribution in [0.15, 0.2) is 71.4 Å². The Kier molecular flexibility index (Phi) is 5.19. The van der Waals surface area contributed by atoms with E-state index in [0.29, 0.717) is 5.75 Å². The summed E-state index contributed by atoms with van der Waals surface area (Å²) in [6, 6.07) is 16.1. The number of hydrogen-bond donors (Lipinski definition) is 0. The molecule has 0 spiro atoms. The molecule has 168 valence electrons. The topological polar surface area (TPSA) is 47.9 Å². The number of aliphatic imine (C=N–C) groups is 1. The van der Waals surface area contributed by atoms with Crippen LogP contribution in [-0.4, -0.2) is 24.8 Å². The molecule has 1 saturated heterocycles. The third kappa shape index (κ3) is 4.11. The number of ketones is 1. The molecule has 0 aromatic heterocycles. The molecule has 0 amide bonds. The first-order valence-electron chi connectivity index (χ1n) is 10.6. The largest absolute Gasteiger partial charge is 0.496 e. The number of hydrogen-bond acceptors (Lipinski definition) is 4. The maximum absolute atomic E-state index is 13.4. The minimum absolute atomic E-state index is 0.0438. The maximum Gasteiger partial charge on any atom is 0.416 e. The lowest BCUT2D eigenvalue weighted by molar-refractivity contribution is -0.137. The first-order valence-corrected chi connectivity index (χ1v) is 10.6. The van der Waals surface area contributed by atoms with E-state index in [2.05, 4.69) is 4.99 Å². The SMILES string of the molecule is COc1cccc2c(C=C3OC(=NC4CC4)C(c4cccc(C(F)(F)F)c4)C3=O)cccc12. The van der Waals surface area contributed by atoms with Crippen LogP contribution < -0.4 is 4.74 Å². The molecule has 1 atom stereocenters. The summed E-state index contributed by atoms with van der Waals surface area (Å²) in [5.41, 5.74) is 0.152. The third-order valence-corrected chi connectivity index (χ3v) is 5.79. The Balaban J connectivity index is 1.58. The second-order valence-electron chi connectivity index (χ2n) is 8.13. The molecule has 3 aromatic carbocycles. The zero-order valence-corrected chi connectivity index (χ0v) is 17.7. The molecule has 1 heterocycles. The first kappa shape index (κ1) is 21.2. The van der Waals surface area contributed by atoms with Crippen molar-refractivity contribution >= 4 is 28.5 Å². The van der Waals surface area contributed by atoms with Crippen LogP contribution in [0.3, 0.4) is 0 Å². The third-order valence-electron chi connectivity index (χ3n) is 5.79. The normalized spacial score (nSPS) is 21.1. The van der Waals surface area contributed by atoms with Crippen molar-refractivity contribution < 1.29 is 27.4 Å². The summed E-state index contributed by atoms with van der Waals surface area (Å²) >= 11 is 0. The van der Waals surface area contributed by atoms with E-state index in [9.17, 15) is 18.0 Å². The van der Waals surface area contributed by atoms with Gasteiger partial charge in [0.05, 0.1) is 18.7 Å². The molecule has 1 saturated carbocycles. The monoisotopic (exact) mass is 451 g/mol. The Hall–Kier alpha value is -3.61. The predicted octanol–water partition coefficient (Wildman–Crippen LogP) is 6.15. The Labute approximate surface area is 188 Å². The fourth-order valence-corrected chi connectivity index (χ4v) is 4.00. The summed E-state index contributed by atoms with van der Waals surface area (Å²) in [5.74, 6) is -0.487. The Morgan fingerprint density at radius 3 is 2.48 bits per heavy atom. The Bertz CT molecular complexity index is 1310. The lowest BCUT2D eigenvalue weighted by Gasteiger charge is -2.11. The van der Waals surface area contributed by atoms with Gasteiger partial charge in [-0.2, -0.15) is 13.2 Å². The van der Waals surface area contributed by atoms with Crippen LogP contribution in [0.25, 0.3) is 16.8 Å². The van der Waals surface area contributed by atoms with Gasteiger partial charge in [-0.25, -0.2) is 0 Å². The second kappa shape index (κ2) is 8.06. The predicted molar refractivity (Wildman–Crippen MR) is 119 cm³/mol. The standard InChI is InChI=1S/C26H20F3NO3/c1-32-21-10-4-8-19-15(5-3-9-20(19)21)14-22-24(31)23(25(33-22)30-18-11-12-18)16-6-2-7-17(13-16)26(27,28)29/h2-10,13-14,18,23H,11-12H2,1H3. The van der Waals surface area contributed by atoms with Gasteiger partial charge >= 0.3 is 6.18 Å². The highest BCUT2D eigenvalue weighted by molar-refractivity contribution is 6.21. The number of rotatable bonds is 4. The van der Waals surface area contributed by atoms with Crippen LogP contribution in [0.4, 0.5) is 13.2 Å². The van der Waals surface area contributed by atoms with Gasteiger partial charge < -0.3 is 9.47 Å². The smallest absolute Gasteiger partial charge is 0.416 e. The molecule has 5 rings (SSSR count). The van der Waals surface area contributed by atoms with Crippen molar-refractivity contribution in [2.75, 3.05) is 7.11 Å². The number of ether oxygens (including phenoxy) is 2. The van der Waals surface area contributed by atoms with Crippen LogP contribution in [0.1, 0.15) is 35.4 Å². The minimum atomic E-state index is -4.51. The Morgan fingerprint density at radius 2 is 1.76 bits per heavy atom. The highest BCUT2D eigenvalue weighted by Crippen LogP contribution is 2.38. The van der Waals surface area contributed by atoms with Gasteiger partial charge in [0.15, 0.2) is 5.76 Å². The van der Waals surface area contributed by atoms with E-state index in [1.165, 1.54) is 12.1 Å². The number of fused-ring (bicyclic) bond motifs is 1. The molecule has 0 N–H and O–H groups in total. The van der Waals surface area contributed by atoms with Crippen molar-refractivity contribution in [1.82, 2.24) is 0 Å². The van der Waals surface area contributed by atoms with E-state index in [-0.39, 0.29) is 23.3 Å². The Morgan fingerprint density at radius 1 is 1.03 bits per heavy atom. The van der Waals surface area contributed by atoms with Crippen molar-refractivity contribution in [2.24, 2.45) is 4.99 Å². The molecule has 1 aliphatic carbocycles. The summed E-state index contributed by atoms with van der Waals surface area (Å²) in [6.45, 7) is 0. The molecule has 0 radical (unpaired) electrons. The van der Waals surface area contributed by atoms with Gasteiger partial charge in [0.1, 0.15) is 11.7 Å². The molecular formula is C26H20F3NO3. The number of carbonyl (C=O) groups excluding carboxylic acids is 1. The fraction of sp³-hybridized carbons (Fsp3) is 0.231. The minimum Gasteiger partial charge on any atom is -0.496 e. The number of halogens is 3. The van der Waals surface area contributed by atoms with Gasteiger partial charge in [-0.1, -0.05) is 48.5 Å². The van der Waals surface area contributed by atoms with Crippen LogP contribution in [0, 0.1) is 0 Å². The molecule has 4 nitrogen and oxygen atoms in total. The fourth-order valence-electron chi connectivity index (χ4n) is 4.00. The zero-order chi connectivity index (χ0) is 23.2. The number of benzene rings is 3. The van der Waals surface area contributed by atoms with Crippen LogP contribution in [-0.2, 0) is 15.7 Å². The molecule has 7 heteroatoms. The van der Waals surface area contributed by atoms with Gasteiger partial charge in [-0.3, -0.25) is 9.79 Å². The van der Waals surface area contributed by atoms with Gasteiger partial charge in [-0.15, -0.1) is 0 Å². The van der Waals surface area contributed by atoms with Crippen LogP contribution in [0.2, 0.25) is 0 Å². The van der Waals surface area contributed by atoms with Crippen molar-refractivity contribution in [3.8, 4) is 5.75 Å². The number of carbonyl (C=O) groups is 1. The van der Waals surface area contributed by atoms with E-state index in [1.54, 1.807) is 13.2 Å². The average Bonchev–Trinajstić information content (AvgIpc) is 3.56. The second-order valence-corrected chi connectivity index (χ2v) is 8.13. The molecule has 0 bridgehead atoms. The van der Waals surface area contributed by atoms with Gasteiger partial charge in [-0.05, 0) is 47.6 Å². The molecule has 33 heavy (non-hydrogen) atoms. The van der Waals surface area contributed by atoms with Crippen molar-refractivity contribution in [3.63, 3.8) is 0 Å². The van der Waals surface area contributed by atoms with Crippen LogP contribution in [0.5, 0.6) is 5.75 Å². The lowest BCUT2D eigenvalue weighted by atomic mass is 9.93. The molecule has 1 aliphatic heterocycles. The average molecular weight is 451 g/mol. The lowest BCUT2D eigenvalue weighted by Crippen LogP contribution is -2.15. The molecule has 2 fully saturated rings. The molecule has 3 aromatic rings. The first-order chi connectivity index (χ1) is 15.8. The van der Waals surface area contributed by atoms with Gasteiger partial charge in [0.2, 0.25) is 11.7 Å². The molecular weight excluding hydrogens is 431 g/mol. The quantitative estimate of drug-likeness (QED) is 0.447. The van der Waals surface area contributed by atoms with Crippen molar-refractivity contribution in [3.05, 3.63) is 83.1 Å². The summed E-state index contributed by atoms with van der Waals surface area (Å²) in [6.07, 6.45) is -1.13. The van der Waals surface area contributed by atoms with Crippen LogP contribution >= 0.6 is 0 Å². The van der Waals surface area contributed by atoms with E-state index in [4.69, 9.17) is 9.47 Å². The number of Topliss-reactive ketones (excluding diaryl/α,β-unsaturated/α-hetero) is 1. The zero-order valence-electron chi connectivity index (χ0n) is 17.7. The number of methoxy groups -OCH3 is 1. The summed E-state index contributed by atoms with van der Waals surface area (Å²) in [4.78, 5) is 17.9. The van der Waals surface area contributed by atoms with Gasteiger partial charge in [0.25, 0.3) is 0 Å². The van der Waals surface area contributed by atoms with Crippen molar-refractivity contribution in [1.29, 1.82) is 0 Å². The number of nitrogens with zero attached hydrogens (tertiary/aromatic N) is 1. The molecule has 2 aliphatic rings. The molecule has 1 unspecified atom stereocenters. The number of allylic oxidation sites excluding steroid dienone is 1. The summed E-state index contributed by atoms with van der Waals surface area (Å²) in [7, 11) is 1.59. The highest BCUT2D eigenvalue weighted by atomic mass is 19.4. The highest BCUT2D eigenvalue weighted by Gasteiger charge is 2.42. The van der Waals surface area contributed by atoms with E-state index < -0.39 is 23.4 Å². The maximum atomic E-state index is 13.4. The van der Waals surface area contributed by atoms with E-state index in [1.807, 2.05) is 36.4 Å². The van der Waals surface area contributed by atoms with Crippen molar-refractivity contribution in [2.45, 2.75) is 31.0 Å². The van der Waals surface area contributed by atoms with E-state index >= 15 is 0 Å². The van der Waals surface area contributed by atoms with E-state index in [0.717, 1.165) is 41.3 Å². The summed E-state index contributed by atoms with van der Waals surface area (Å²) < 4.78 is 51.1. The number of alkyl halides is 3.